The standard InChI is InChI=1S/C28H32FN3O6S/c29-20-14-12-19(13-15-20)26(27(34)30-21-7-2-1-3-8-21)31(17-22-9-6-16-38-22)25(33)18-32-28(35)23-10-4-5-11-24(23)39(32,36)37/h4-5,10-15,21-22,26H,1-3,6-9,16-18H2,(H,30,34)/t22-,26+/m1/s1. The van der Waals surface area contributed by atoms with E-state index in [1.54, 1.807) is 6.07 Å². The van der Waals surface area contributed by atoms with Crippen molar-refractivity contribution in [2.45, 2.75) is 68.0 Å². The third kappa shape index (κ3) is 5.69. The molecular weight excluding hydrogens is 525 g/mol. The Kier molecular flexibility index (Phi) is 7.99. The Morgan fingerprint density at radius 3 is 2.41 bits per heavy atom. The molecule has 2 fully saturated rings. The fourth-order valence-corrected chi connectivity index (χ4v) is 7.12. The number of nitrogens with one attached hydrogen (secondary N) is 1. The highest BCUT2D eigenvalue weighted by Crippen LogP contribution is 2.31. The number of fused-ring (bicyclic) bond motifs is 1. The average Bonchev–Trinajstić information content (AvgIpc) is 3.51. The molecule has 1 aliphatic carbocycles. The number of nitrogens with zero attached hydrogens (tertiary/aromatic N) is 2. The number of hydrogen-bond acceptors (Lipinski definition) is 6. The number of rotatable bonds is 8. The van der Waals surface area contributed by atoms with Crippen LogP contribution in [0.25, 0.3) is 0 Å². The van der Waals surface area contributed by atoms with Crippen molar-refractivity contribution in [1.29, 1.82) is 0 Å². The maximum atomic E-state index is 13.9. The van der Waals surface area contributed by atoms with Gasteiger partial charge in [0.25, 0.3) is 15.9 Å². The first-order valence-electron chi connectivity index (χ1n) is 13.4. The molecule has 5 rings (SSSR count). The lowest BCUT2D eigenvalue weighted by atomic mass is 9.94. The molecule has 208 valence electrons. The van der Waals surface area contributed by atoms with Crippen LogP contribution in [0.4, 0.5) is 4.39 Å². The molecule has 1 saturated heterocycles. The third-order valence-corrected chi connectivity index (χ3v) is 9.42. The topological polar surface area (TPSA) is 113 Å². The number of ether oxygens (including phenoxy) is 1. The summed E-state index contributed by atoms with van der Waals surface area (Å²) >= 11 is 0. The molecule has 39 heavy (non-hydrogen) atoms. The van der Waals surface area contributed by atoms with Gasteiger partial charge in [-0.15, -0.1) is 0 Å². The molecule has 2 aliphatic heterocycles. The molecule has 2 atom stereocenters. The first-order chi connectivity index (χ1) is 18.8. The molecule has 3 amide bonds. The maximum Gasteiger partial charge on any atom is 0.269 e. The average molecular weight is 558 g/mol. The Labute approximate surface area is 227 Å². The zero-order valence-corrected chi connectivity index (χ0v) is 22.4. The van der Waals surface area contributed by atoms with E-state index in [1.165, 1.54) is 47.4 Å². The maximum absolute atomic E-state index is 13.9. The van der Waals surface area contributed by atoms with Crippen molar-refractivity contribution in [3.63, 3.8) is 0 Å². The zero-order valence-electron chi connectivity index (χ0n) is 21.6. The molecule has 9 nitrogen and oxygen atoms in total. The Hall–Kier alpha value is -3.31. The number of benzene rings is 2. The summed E-state index contributed by atoms with van der Waals surface area (Å²) in [4.78, 5) is 41.8. The number of hydrogen-bond donors (Lipinski definition) is 1. The molecule has 0 radical (unpaired) electrons. The molecule has 0 bridgehead atoms. The Morgan fingerprint density at radius 1 is 1.03 bits per heavy atom. The SMILES string of the molecule is O=C(NC1CCCCC1)[C@H](c1ccc(F)cc1)N(C[C@H]1CCCO1)C(=O)CN1C(=O)c2ccccc2S1(=O)=O. The van der Waals surface area contributed by atoms with Gasteiger partial charge >= 0.3 is 0 Å². The van der Waals surface area contributed by atoms with Crippen molar-refractivity contribution >= 4 is 27.7 Å². The summed E-state index contributed by atoms with van der Waals surface area (Å²) in [6.07, 6.45) is 5.80. The second kappa shape index (κ2) is 11.4. The number of halogens is 1. The summed E-state index contributed by atoms with van der Waals surface area (Å²) in [6, 6.07) is 9.93. The summed E-state index contributed by atoms with van der Waals surface area (Å²) in [5.74, 6) is -2.43. The smallest absolute Gasteiger partial charge is 0.269 e. The first-order valence-corrected chi connectivity index (χ1v) is 14.8. The molecule has 0 spiro atoms. The molecule has 1 N–H and O–H groups in total. The van der Waals surface area contributed by atoms with Crippen LogP contribution in [0.15, 0.2) is 53.4 Å². The fourth-order valence-electron chi connectivity index (χ4n) is 5.60. The summed E-state index contributed by atoms with van der Waals surface area (Å²) in [5, 5.41) is 3.06. The van der Waals surface area contributed by atoms with Gasteiger partial charge in [0, 0.05) is 19.2 Å². The van der Waals surface area contributed by atoms with Crippen molar-refractivity contribution in [2.75, 3.05) is 19.7 Å². The van der Waals surface area contributed by atoms with Gasteiger partial charge in [-0.25, -0.2) is 17.1 Å². The van der Waals surface area contributed by atoms with Gasteiger partial charge < -0.3 is 15.0 Å². The van der Waals surface area contributed by atoms with Crippen molar-refractivity contribution in [3.05, 3.63) is 65.5 Å². The molecule has 1 saturated carbocycles. The second-order valence-electron chi connectivity index (χ2n) is 10.3. The minimum absolute atomic E-state index is 0.00102. The van der Waals surface area contributed by atoms with Crippen LogP contribution in [0.5, 0.6) is 0 Å². The highest BCUT2D eigenvalue weighted by atomic mass is 32.2. The van der Waals surface area contributed by atoms with Crippen LogP contribution in [0.2, 0.25) is 0 Å². The number of amides is 3. The Bertz CT molecular complexity index is 1340. The van der Waals surface area contributed by atoms with E-state index in [1.807, 2.05) is 0 Å². The van der Waals surface area contributed by atoms with E-state index in [4.69, 9.17) is 4.74 Å². The predicted molar refractivity (Wildman–Crippen MR) is 140 cm³/mol. The van der Waals surface area contributed by atoms with Crippen LogP contribution in [-0.2, 0) is 24.3 Å². The molecular formula is C28H32FN3O6S. The quantitative estimate of drug-likeness (QED) is 0.534. The van der Waals surface area contributed by atoms with Gasteiger partial charge in [-0.3, -0.25) is 14.4 Å². The van der Waals surface area contributed by atoms with Crippen LogP contribution in [0.3, 0.4) is 0 Å². The minimum Gasteiger partial charge on any atom is -0.376 e. The van der Waals surface area contributed by atoms with Crippen LogP contribution in [0, 0.1) is 5.82 Å². The molecule has 0 aromatic heterocycles. The second-order valence-corrected chi connectivity index (χ2v) is 12.1. The Morgan fingerprint density at radius 2 is 1.74 bits per heavy atom. The molecule has 11 heteroatoms. The summed E-state index contributed by atoms with van der Waals surface area (Å²) in [5.41, 5.74) is 0.385. The molecule has 0 unspecified atom stereocenters. The molecule has 3 aliphatic rings. The minimum atomic E-state index is -4.24. The normalized spacial score (nSPS) is 21.4. The van der Waals surface area contributed by atoms with Gasteiger partial charge in [0.1, 0.15) is 23.3 Å². The van der Waals surface area contributed by atoms with Crippen molar-refractivity contribution < 1.29 is 31.9 Å². The van der Waals surface area contributed by atoms with Gasteiger partial charge in [0.05, 0.1) is 11.7 Å². The van der Waals surface area contributed by atoms with Gasteiger partial charge in [-0.1, -0.05) is 43.5 Å². The van der Waals surface area contributed by atoms with E-state index in [-0.39, 0.29) is 29.1 Å². The van der Waals surface area contributed by atoms with E-state index in [0.29, 0.717) is 22.9 Å². The predicted octanol–water partition coefficient (Wildman–Crippen LogP) is 3.17. The van der Waals surface area contributed by atoms with E-state index in [2.05, 4.69) is 5.32 Å². The van der Waals surface area contributed by atoms with Crippen molar-refractivity contribution in [2.24, 2.45) is 0 Å². The Balaban J connectivity index is 1.48. The highest BCUT2D eigenvalue weighted by molar-refractivity contribution is 7.90. The molecule has 2 aromatic rings. The zero-order chi connectivity index (χ0) is 27.6. The van der Waals surface area contributed by atoms with Gasteiger partial charge in [0.2, 0.25) is 11.8 Å². The van der Waals surface area contributed by atoms with E-state index >= 15 is 0 Å². The van der Waals surface area contributed by atoms with Crippen molar-refractivity contribution in [3.8, 4) is 0 Å². The van der Waals surface area contributed by atoms with Gasteiger partial charge in [0.15, 0.2) is 0 Å². The number of carbonyl (C=O) groups excluding carboxylic acids is 3. The summed E-state index contributed by atoms with van der Waals surface area (Å²) < 4.78 is 46.5. The van der Waals surface area contributed by atoms with E-state index < -0.39 is 46.1 Å². The molecule has 2 aromatic carbocycles. The highest BCUT2D eigenvalue weighted by Gasteiger charge is 2.44. The lowest BCUT2D eigenvalue weighted by Gasteiger charge is -2.35. The number of carbonyl (C=O) groups is 3. The lowest BCUT2D eigenvalue weighted by molar-refractivity contribution is -0.142. The van der Waals surface area contributed by atoms with Crippen LogP contribution >= 0.6 is 0 Å². The summed E-state index contributed by atoms with van der Waals surface area (Å²) in [7, 11) is -4.24. The number of sulfonamides is 1. The third-order valence-electron chi connectivity index (χ3n) is 7.63. The largest absolute Gasteiger partial charge is 0.376 e. The van der Waals surface area contributed by atoms with Gasteiger partial charge in [-0.05, 0) is 55.5 Å². The lowest BCUT2D eigenvalue weighted by Crippen LogP contribution is -2.51. The monoisotopic (exact) mass is 557 g/mol. The fraction of sp³-hybridized carbons (Fsp3) is 0.464. The van der Waals surface area contributed by atoms with Gasteiger partial charge in [-0.2, -0.15) is 0 Å². The van der Waals surface area contributed by atoms with Crippen LogP contribution in [0.1, 0.15) is 66.9 Å². The first kappa shape index (κ1) is 27.3. The van der Waals surface area contributed by atoms with Crippen LogP contribution < -0.4 is 5.32 Å². The van der Waals surface area contributed by atoms with Crippen molar-refractivity contribution in [1.82, 2.24) is 14.5 Å². The van der Waals surface area contributed by atoms with E-state index in [0.717, 1.165) is 38.5 Å². The van der Waals surface area contributed by atoms with E-state index in [9.17, 15) is 27.2 Å². The van der Waals surface area contributed by atoms with Crippen LogP contribution in [-0.4, -0.2) is 67.2 Å². The molecule has 2 heterocycles. The summed E-state index contributed by atoms with van der Waals surface area (Å²) in [6.45, 7) is -0.235.